The summed E-state index contributed by atoms with van der Waals surface area (Å²) >= 11 is 1.38. The van der Waals surface area contributed by atoms with Crippen LogP contribution in [0.2, 0.25) is 0 Å². The van der Waals surface area contributed by atoms with Gasteiger partial charge >= 0.3 is 0 Å². The molecule has 3 aromatic rings. The zero-order valence-corrected chi connectivity index (χ0v) is 13.0. The molecule has 22 heavy (non-hydrogen) atoms. The van der Waals surface area contributed by atoms with Gasteiger partial charge in [0, 0.05) is 30.6 Å². The minimum atomic E-state index is -0.0875. The summed E-state index contributed by atoms with van der Waals surface area (Å²) in [5, 5.41) is 9.61. The van der Waals surface area contributed by atoms with Crippen molar-refractivity contribution in [1.29, 1.82) is 0 Å². The van der Waals surface area contributed by atoms with Crippen LogP contribution in [0.25, 0.3) is 10.6 Å². The molecule has 0 radical (unpaired) electrons. The highest BCUT2D eigenvalue weighted by molar-refractivity contribution is 7.18. The standard InChI is InChI=1S/C16H14N4OS/c1-11-5-3-4-6-13(11)15(21)20(2)16-19-18-14(22-16)12-7-9-17-10-8-12/h3-10H,1-2H3. The van der Waals surface area contributed by atoms with Crippen LogP contribution in [0.3, 0.4) is 0 Å². The molecule has 2 heterocycles. The summed E-state index contributed by atoms with van der Waals surface area (Å²) in [5.74, 6) is -0.0875. The van der Waals surface area contributed by atoms with E-state index in [1.165, 1.54) is 16.2 Å². The highest BCUT2D eigenvalue weighted by atomic mass is 32.1. The van der Waals surface area contributed by atoms with Gasteiger partial charge in [0.2, 0.25) is 5.13 Å². The lowest BCUT2D eigenvalue weighted by molar-refractivity contribution is 0.0992. The Kier molecular flexibility index (Phi) is 3.93. The van der Waals surface area contributed by atoms with Gasteiger partial charge in [-0.1, -0.05) is 29.5 Å². The van der Waals surface area contributed by atoms with E-state index < -0.39 is 0 Å². The number of aromatic nitrogens is 3. The van der Waals surface area contributed by atoms with Gasteiger partial charge in [0.05, 0.1) is 0 Å². The maximum absolute atomic E-state index is 12.6. The summed E-state index contributed by atoms with van der Waals surface area (Å²) < 4.78 is 0. The number of hydrogen-bond donors (Lipinski definition) is 0. The van der Waals surface area contributed by atoms with Crippen LogP contribution in [-0.2, 0) is 0 Å². The van der Waals surface area contributed by atoms with E-state index in [-0.39, 0.29) is 5.91 Å². The summed E-state index contributed by atoms with van der Waals surface area (Å²) in [7, 11) is 1.71. The van der Waals surface area contributed by atoms with Crippen molar-refractivity contribution < 1.29 is 4.79 Å². The lowest BCUT2D eigenvalue weighted by Gasteiger charge is -2.14. The van der Waals surface area contributed by atoms with E-state index in [9.17, 15) is 4.79 Å². The maximum Gasteiger partial charge on any atom is 0.260 e. The molecule has 5 nitrogen and oxygen atoms in total. The molecule has 2 aromatic heterocycles. The normalized spacial score (nSPS) is 10.5. The van der Waals surface area contributed by atoms with E-state index in [0.717, 1.165) is 16.1 Å². The fraction of sp³-hybridized carbons (Fsp3) is 0.125. The van der Waals surface area contributed by atoms with Gasteiger partial charge in [0.1, 0.15) is 5.01 Å². The van der Waals surface area contributed by atoms with Crippen molar-refractivity contribution in [3.05, 3.63) is 59.9 Å². The zero-order chi connectivity index (χ0) is 15.5. The minimum Gasteiger partial charge on any atom is -0.286 e. The number of carbonyl (C=O) groups is 1. The van der Waals surface area contributed by atoms with Gasteiger partial charge in [-0.15, -0.1) is 10.2 Å². The largest absolute Gasteiger partial charge is 0.286 e. The minimum absolute atomic E-state index is 0.0875. The van der Waals surface area contributed by atoms with Crippen molar-refractivity contribution in [2.45, 2.75) is 6.92 Å². The van der Waals surface area contributed by atoms with Gasteiger partial charge in [-0.25, -0.2) is 0 Å². The molecule has 0 spiro atoms. The van der Waals surface area contributed by atoms with Crippen molar-refractivity contribution in [1.82, 2.24) is 15.2 Å². The number of benzene rings is 1. The monoisotopic (exact) mass is 310 g/mol. The molecule has 0 aliphatic rings. The smallest absolute Gasteiger partial charge is 0.260 e. The number of anilines is 1. The molecule has 0 saturated carbocycles. The lowest BCUT2D eigenvalue weighted by atomic mass is 10.1. The van der Waals surface area contributed by atoms with Crippen LogP contribution in [0.1, 0.15) is 15.9 Å². The Labute approximate surface area is 132 Å². The Morgan fingerprint density at radius 2 is 1.82 bits per heavy atom. The number of aryl methyl sites for hydroxylation is 1. The first-order valence-electron chi connectivity index (χ1n) is 6.74. The van der Waals surface area contributed by atoms with Gasteiger partial charge in [0.15, 0.2) is 0 Å². The van der Waals surface area contributed by atoms with Crippen LogP contribution in [0.15, 0.2) is 48.8 Å². The van der Waals surface area contributed by atoms with Crippen LogP contribution in [0, 0.1) is 6.92 Å². The highest BCUT2D eigenvalue weighted by Gasteiger charge is 2.19. The molecular weight excluding hydrogens is 296 g/mol. The van der Waals surface area contributed by atoms with Crippen molar-refractivity contribution >= 4 is 22.4 Å². The van der Waals surface area contributed by atoms with Crippen LogP contribution in [0.4, 0.5) is 5.13 Å². The second-order valence-electron chi connectivity index (χ2n) is 4.80. The molecular formula is C16H14N4OS. The maximum atomic E-state index is 12.6. The molecule has 0 N–H and O–H groups in total. The van der Waals surface area contributed by atoms with Crippen molar-refractivity contribution in [2.24, 2.45) is 0 Å². The van der Waals surface area contributed by atoms with Gasteiger partial charge in [-0.05, 0) is 30.7 Å². The number of carbonyl (C=O) groups excluding carboxylic acids is 1. The number of hydrogen-bond acceptors (Lipinski definition) is 5. The van der Waals surface area contributed by atoms with E-state index in [2.05, 4.69) is 15.2 Å². The molecule has 0 atom stereocenters. The average Bonchev–Trinajstić information content (AvgIpc) is 3.05. The lowest BCUT2D eigenvalue weighted by Crippen LogP contribution is -2.26. The Morgan fingerprint density at radius 3 is 2.55 bits per heavy atom. The Hall–Kier alpha value is -2.60. The van der Waals surface area contributed by atoms with Crippen LogP contribution >= 0.6 is 11.3 Å². The molecule has 3 rings (SSSR count). The van der Waals surface area contributed by atoms with E-state index >= 15 is 0 Å². The van der Waals surface area contributed by atoms with Crippen molar-refractivity contribution in [3.8, 4) is 10.6 Å². The van der Waals surface area contributed by atoms with E-state index in [1.54, 1.807) is 19.4 Å². The number of rotatable bonds is 3. The topological polar surface area (TPSA) is 59.0 Å². The first-order chi connectivity index (χ1) is 10.7. The quantitative estimate of drug-likeness (QED) is 0.745. The summed E-state index contributed by atoms with van der Waals surface area (Å²) in [6.45, 7) is 1.92. The van der Waals surface area contributed by atoms with Gasteiger partial charge in [-0.3, -0.25) is 14.7 Å². The average molecular weight is 310 g/mol. The second kappa shape index (κ2) is 6.03. The van der Waals surface area contributed by atoms with E-state index in [4.69, 9.17) is 0 Å². The van der Waals surface area contributed by atoms with Crippen LogP contribution in [-0.4, -0.2) is 28.1 Å². The molecule has 0 saturated heterocycles. The summed E-state index contributed by atoms with van der Waals surface area (Å²) in [4.78, 5) is 18.1. The third-order valence-corrected chi connectivity index (χ3v) is 4.36. The molecule has 1 aromatic carbocycles. The van der Waals surface area contributed by atoms with Gasteiger partial charge < -0.3 is 0 Å². The highest BCUT2D eigenvalue weighted by Crippen LogP contribution is 2.28. The summed E-state index contributed by atoms with van der Waals surface area (Å²) in [5.41, 5.74) is 2.55. The fourth-order valence-electron chi connectivity index (χ4n) is 2.04. The molecule has 0 bridgehead atoms. The predicted molar refractivity (Wildman–Crippen MR) is 87.1 cm³/mol. The van der Waals surface area contributed by atoms with E-state index in [0.29, 0.717) is 10.7 Å². The molecule has 1 amide bonds. The molecule has 110 valence electrons. The predicted octanol–water partition coefficient (Wildman–Crippen LogP) is 3.19. The van der Waals surface area contributed by atoms with Gasteiger partial charge in [0.25, 0.3) is 5.91 Å². The first kappa shape index (κ1) is 14.3. The zero-order valence-electron chi connectivity index (χ0n) is 12.2. The van der Waals surface area contributed by atoms with Gasteiger partial charge in [-0.2, -0.15) is 0 Å². The molecule has 0 aliphatic carbocycles. The second-order valence-corrected chi connectivity index (χ2v) is 5.76. The third-order valence-electron chi connectivity index (χ3n) is 3.31. The molecule has 0 fully saturated rings. The molecule has 0 aliphatic heterocycles. The number of pyridine rings is 1. The van der Waals surface area contributed by atoms with Crippen LogP contribution in [0.5, 0.6) is 0 Å². The summed E-state index contributed by atoms with van der Waals surface area (Å²) in [6.07, 6.45) is 3.41. The first-order valence-corrected chi connectivity index (χ1v) is 7.56. The third kappa shape index (κ3) is 2.73. The number of nitrogens with zero attached hydrogens (tertiary/aromatic N) is 4. The summed E-state index contributed by atoms with van der Waals surface area (Å²) in [6, 6.07) is 11.2. The van der Waals surface area contributed by atoms with Crippen molar-refractivity contribution in [2.75, 3.05) is 11.9 Å². The fourth-order valence-corrected chi connectivity index (χ4v) is 2.85. The molecule has 6 heteroatoms. The Balaban J connectivity index is 1.87. The number of amides is 1. The van der Waals surface area contributed by atoms with Crippen molar-refractivity contribution in [3.63, 3.8) is 0 Å². The van der Waals surface area contributed by atoms with Crippen LogP contribution < -0.4 is 4.90 Å². The molecule has 0 unspecified atom stereocenters. The SMILES string of the molecule is Cc1ccccc1C(=O)N(C)c1nnc(-c2ccncc2)s1. The van der Waals surface area contributed by atoms with E-state index in [1.807, 2.05) is 43.3 Å². The Morgan fingerprint density at radius 1 is 1.09 bits per heavy atom. The Bertz CT molecular complexity index is 801.